The molecule has 0 saturated carbocycles. The summed E-state index contributed by atoms with van der Waals surface area (Å²) in [7, 11) is 3.61. The van der Waals surface area contributed by atoms with Crippen LogP contribution in [0.25, 0.3) is 11.3 Å². The van der Waals surface area contributed by atoms with Gasteiger partial charge < -0.3 is 15.0 Å². The zero-order chi connectivity index (χ0) is 12.4. The van der Waals surface area contributed by atoms with E-state index in [2.05, 4.69) is 20.9 Å². The van der Waals surface area contributed by atoms with Crippen molar-refractivity contribution < 1.29 is 4.74 Å². The van der Waals surface area contributed by atoms with Crippen molar-refractivity contribution in [1.82, 2.24) is 9.55 Å². The number of benzene rings is 1. The topological polar surface area (TPSA) is 53.1 Å². The van der Waals surface area contributed by atoms with E-state index in [1.54, 1.807) is 7.11 Å². The molecule has 0 amide bonds. The second-order valence-corrected chi connectivity index (χ2v) is 4.38. The van der Waals surface area contributed by atoms with Gasteiger partial charge in [0.25, 0.3) is 0 Å². The summed E-state index contributed by atoms with van der Waals surface area (Å²) in [6.07, 6.45) is 0. The predicted molar refractivity (Wildman–Crippen MR) is 70.8 cm³/mol. The molecular weight excluding hydrogens is 282 g/mol. The number of imidazole rings is 1. The molecule has 0 atom stereocenters. The first kappa shape index (κ1) is 12.1. The van der Waals surface area contributed by atoms with E-state index in [0.29, 0.717) is 6.54 Å². The standard InChI is InChI=1S/C12H14BrN3O/c1-16-10(7-14)15-12(13)11(16)8-5-3-4-6-9(8)17-2/h3-6H,7,14H2,1-2H3. The van der Waals surface area contributed by atoms with Crippen molar-refractivity contribution in [1.29, 1.82) is 0 Å². The van der Waals surface area contributed by atoms with Crippen LogP contribution in [0.4, 0.5) is 0 Å². The van der Waals surface area contributed by atoms with Gasteiger partial charge in [-0.05, 0) is 28.1 Å². The summed E-state index contributed by atoms with van der Waals surface area (Å²) < 4.78 is 8.12. The molecule has 0 aliphatic rings. The predicted octanol–water partition coefficient (Wildman–Crippen LogP) is 2.32. The Balaban J connectivity index is 2.64. The highest BCUT2D eigenvalue weighted by molar-refractivity contribution is 9.10. The first-order chi connectivity index (χ1) is 8.19. The third kappa shape index (κ3) is 2.08. The van der Waals surface area contributed by atoms with E-state index in [9.17, 15) is 0 Å². The summed E-state index contributed by atoms with van der Waals surface area (Å²) in [4.78, 5) is 4.38. The number of nitrogens with zero attached hydrogens (tertiary/aromatic N) is 2. The molecular formula is C12H14BrN3O. The average molecular weight is 296 g/mol. The first-order valence-electron chi connectivity index (χ1n) is 5.23. The molecule has 0 fully saturated rings. The van der Waals surface area contributed by atoms with Gasteiger partial charge in [-0.2, -0.15) is 0 Å². The molecule has 0 spiro atoms. The fourth-order valence-corrected chi connectivity index (χ4v) is 2.51. The minimum absolute atomic E-state index is 0.407. The van der Waals surface area contributed by atoms with Gasteiger partial charge in [0.05, 0.1) is 19.3 Å². The molecule has 90 valence electrons. The Hall–Kier alpha value is -1.33. The Labute approximate surface area is 109 Å². The van der Waals surface area contributed by atoms with E-state index in [-0.39, 0.29) is 0 Å². The number of ether oxygens (including phenoxy) is 1. The van der Waals surface area contributed by atoms with Crippen LogP contribution in [0, 0.1) is 0 Å². The van der Waals surface area contributed by atoms with E-state index >= 15 is 0 Å². The van der Waals surface area contributed by atoms with Crippen LogP contribution in [0.15, 0.2) is 28.9 Å². The Kier molecular flexibility index (Phi) is 3.49. The molecule has 0 bridgehead atoms. The lowest BCUT2D eigenvalue weighted by Gasteiger charge is -2.09. The number of hydrogen-bond donors (Lipinski definition) is 1. The zero-order valence-electron chi connectivity index (χ0n) is 9.77. The van der Waals surface area contributed by atoms with E-state index in [1.165, 1.54) is 0 Å². The minimum Gasteiger partial charge on any atom is -0.496 e. The normalized spacial score (nSPS) is 10.6. The number of methoxy groups -OCH3 is 1. The van der Waals surface area contributed by atoms with Crippen LogP contribution in [-0.2, 0) is 13.6 Å². The molecule has 1 aromatic heterocycles. The molecule has 0 radical (unpaired) electrons. The number of aromatic nitrogens is 2. The van der Waals surface area contributed by atoms with Crippen molar-refractivity contribution in [2.75, 3.05) is 7.11 Å². The number of halogens is 1. The molecule has 4 nitrogen and oxygen atoms in total. The molecule has 2 aromatic rings. The fourth-order valence-electron chi connectivity index (χ4n) is 1.82. The third-order valence-electron chi connectivity index (χ3n) is 2.69. The molecule has 0 unspecified atom stereocenters. The molecule has 5 heteroatoms. The van der Waals surface area contributed by atoms with Crippen LogP contribution in [0.1, 0.15) is 5.82 Å². The van der Waals surface area contributed by atoms with Crippen LogP contribution >= 0.6 is 15.9 Å². The summed E-state index contributed by atoms with van der Waals surface area (Å²) in [6.45, 7) is 0.407. The monoisotopic (exact) mass is 295 g/mol. The molecule has 0 aliphatic carbocycles. The Morgan fingerprint density at radius 2 is 2.12 bits per heavy atom. The summed E-state index contributed by atoms with van der Waals surface area (Å²) >= 11 is 3.47. The summed E-state index contributed by atoms with van der Waals surface area (Å²) in [6, 6.07) is 7.84. The molecule has 2 rings (SSSR count). The molecule has 17 heavy (non-hydrogen) atoms. The van der Waals surface area contributed by atoms with Crippen molar-refractivity contribution >= 4 is 15.9 Å². The van der Waals surface area contributed by atoms with E-state index in [0.717, 1.165) is 27.4 Å². The van der Waals surface area contributed by atoms with Crippen LogP contribution in [0.2, 0.25) is 0 Å². The van der Waals surface area contributed by atoms with E-state index in [1.807, 2.05) is 35.9 Å². The average Bonchev–Trinajstić information content (AvgIpc) is 2.64. The largest absolute Gasteiger partial charge is 0.496 e. The van der Waals surface area contributed by atoms with Crippen molar-refractivity contribution in [3.63, 3.8) is 0 Å². The van der Waals surface area contributed by atoms with Gasteiger partial charge >= 0.3 is 0 Å². The molecule has 2 N–H and O–H groups in total. The van der Waals surface area contributed by atoms with Gasteiger partial charge in [0.15, 0.2) is 0 Å². The molecule has 1 heterocycles. The highest BCUT2D eigenvalue weighted by atomic mass is 79.9. The number of para-hydroxylation sites is 1. The van der Waals surface area contributed by atoms with Gasteiger partial charge in [0.1, 0.15) is 16.2 Å². The second-order valence-electron chi connectivity index (χ2n) is 3.63. The Bertz CT molecular complexity index is 537. The number of rotatable bonds is 3. The SMILES string of the molecule is COc1ccccc1-c1c(Br)nc(CN)n1C. The van der Waals surface area contributed by atoms with Gasteiger partial charge in [-0.25, -0.2) is 4.98 Å². The van der Waals surface area contributed by atoms with Crippen molar-refractivity contribution in [2.24, 2.45) is 12.8 Å². The lowest BCUT2D eigenvalue weighted by atomic mass is 10.1. The fraction of sp³-hybridized carbons (Fsp3) is 0.250. The summed E-state index contributed by atoms with van der Waals surface area (Å²) in [5, 5.41) is 0. The molecule has 1 aromatic carbocycles. The summed E-state index contributed by atoms with van der Waals surface area (Å²) in [5.74, 6) is 1.65. The number of nitrogens with two attached hydrogens (primary N) is 1. The number of hydrogen-bond acceptors (Lipinski definition) is 3. The quantitative estimate of drug-likeness (QED) is 0.945. The summed E-state index contributed by atoms with van der Waals surface area (Å²) in [5.41, 5.74) is 7.62. The van der Waals surface area contributed by atoms with Gasteiger partial charge in [0, 0.05) is 12.6 Å². The van der Waals surface area contributed by atoms with Crippen LogP contribution in [0.3, 0.4) is 0 Å². The maximum Gasteiger partial charge on any atom is 0.132 e. The van der Waals surface area contributed by atoms with Gasteiger partial charge in [-0.15, -0.1) is 0 Å². The van der Waals surface area contributed by atoms with Crippen LogP contribution in [-0.4, -0.2) is 16.7 Å². The highest BCUT2D eigenvalue weighted by Crippen LogP contribution is 2.34. The lowest BCUT2D eigenvalue weighted by Crippen LogP contribution is -2.05. The maximum absolute atomic E-state index is 5.65. The van der Waals surface area contributed by atoms with E-state index < -0.39 is 0 Å². The molecule has 0 saturated heterocycles. The van der Waals surface area contributed by atoms with Gasteiger partial charge in [0.2, 0.25) is 0 Å². The third-order valence-corrected chi connectivity index (χ3v) is 3.24. The Morgan fingerprint density at radius 1 is 1.41 bits per heavy atom. The maximum atomic E-state index is 5.65. The Morgan fingerprint density at radius 3 is 2.71 bits per heavy atom. The van der Waals surface area contributed by atoms with Crippen molar-refractivity contribution in [3.8, 4) is 17.0 Å². The van der Waals surface area contributed by atoms with Gasteiger partial charge in [-0.3, -0.25) is 0 Å². The van der Waals surface area contributed by atoms with Crippen LogP contribution < -0.4 is 10.5 Å². The second kappa shape index (κ2) is 4.89. The first-order valence-corrected chi connectivity index (χ1v) is 6.03. The molecule has 0 aliphatic heterocycles. The lowest BCUT2D eigenvalue weighted by molar-refractivity contribution is 0.416. The van der Waals surface area contributed by atoms with Crippen molar-refractivity contribution in [3.05, 3.63) is 34.7 Å². The zero-order valence-corrected chi connectivity index (χ0v) is 11.4. The minimum atomic E-state index is 0.407. The van der Waals surface area contributed by atoms with Crippen LogP contribution in [0.5, 0.6) is 5.75 Å². The van der Waals surface area contributed by atoms with Gasteiger partial charge in [-0.1, -0.05) is 12.1 Å². The highest BCUT2D eigenvalue weighted by Gasteiger charge is 2.16. The smallest absolute Gasteiger partial charge is 0.132 e. The van der Waals surface area contributed by atoms with Crippen molar-refractivity contribution in [2.45, 2.75) is 6.54 Å². The van der Waals surface area contributed by atoms with E-state index in [4.69, 9.17) is 10.5 Å².